The summed E-state index contributed by atoms with van der Waals surface area (Å²) in [4.78, 5) is 15.3. The number of aromatic nitrogens is 4. The van der Waals surface area contributed by atoms with Crippen LogP contribution in [-0.2, 0) is 0 Å². The van der Waals surface area contributed by atoms with E-state index >= 15 is 0 Å². The van der Waals surface area contributed by atoms with Gasteiger partial charge in [0, 0.05) is 49.5 Å². The summed E-state index contributed by atoms with van der Waals surface area (Å²) < 4.78 is 8.73. The molecule has 0 saturated heterocycles. The highest BCUT2D eigenvalue weighted by molar-refractivity contribution is 6.35. The number of hydrogen-bond donors (Lipinski definition) is 0. The lowest BCUT2D eigenvalue weighted by molar-refractivity contribution is 0.670. The lowest BCUT2D eigenvalue weighted by Crippen LogP contribution is -2.02. The summed E-state index contributed by atoms with van der Waals surface area (Å²) in [7, 11) is 0. The van der Waals surface area contributed by atoms with Crippen molar-refractivity contribution in [2.45, 2.75) is 27.7 Å². The first-order valence-electron chi connectivity index (χ1n) is 20.7. The molecule has 0 saturated carbocycles. The predicted molar refractivity (Wildman–Crippen MR) is 255 cm³/mol. The van der Waals surface area contributed by atoms with Gasteiger partial charge in [0.15, 0.2) is 17.5 Å². The maximum Gasteiger partial charge on any atom is 0.164 e. The van der Waals surface area contributed by atoms with Crippen molar-refractivity contribution in [1.29, 1.82) is 0 Å². The molecule has 0 unspecified atom stereocenters. The molecule has 5 heteroatoms. The normalized spacial score (nSPS) is 11.6. The van der Waals surface area contributed by atoms with Gasteiger partial charge in [-0.05, 0) is 63.5 Å². The van der Waals surface area contributed by atoms with E-state index in [1.807, 2.05) is 52.0 Å². The van der Waals surface area contributed by atoms with E-state index in [2.05, 4.69) is 151 Å². The Hall–Kier alpha value is -7.63. The minimum Gasteiger partial charge on any atom is -0.455 e. The average Bonchev–Trinajstić information content (AvgIpc) is 3.88. The quantitative estimate of drug-likeness (QED) is 0.119. The van der Waals surface area contributed by atoms with Crippen LogP contribution in [0.1, 0.15) is 33.5 Å². The van der Waals surface area contributed by atoms with Crippen LogP contribution in [0.2, 0.25) is 0 Å². The third-order valence-corrected chi connectivity index (χ3v) is 10.9. The van der Waals surface area contributed by atoms with Crippen LogP contribution in [0.15, 0.2) is 187 Å². The molecule has 11 rings (SSSR count). The number of benzene rings is 8. The van der Waals surface area contributed by atoms with Crippen LogP contribution in [0.4, 0.5) is 0 Å². The van der Waals surface area contributed by atoms with E-state index in [4.69, 9.17) is 19.4 Å². The average molecular weight is 777 g/mol. The highest BCUT2D eigenvalue weighted by Gasteiger charge is 2.22. The second-order valence-electron chi connectivity index (χ2n) is 14.1. The molecule has 5 nitrogen and oxygen atoms in total. The molecule has 0 aliphatic heterocycles. The van der Waals surface area contributed by atoms with Gasteiger partial charge in [-0.15, -0.1) is 0 Å². The third kappa shape index (κ3) is 6.14. The lowest BCUT2D eigenvalue weighted by Gasteiger charge is -2.12. The predicted octanol–water partition coefficient (Wildman–Crippen LogP) is 15.4. The van der Waals surface area contributed by atoms with Gasteiger partial charge >= 0.3 is 0 Å². The molecule has 0 aliphatic carbocycles. The maximum atomic E-state index is 6.37. The number of hydrogen-bond acceptors (Lipinski definition) is 4. The number of fused-ring (bicyclic) bond motifs is 6. The van der Waals surface area contributed by atoms with Crippen molar-refractivity contribution < 1.29 is 4.42 Å². The minimum absolute atomic E-state index is 0.524. The first-order chi connectivity index (χ1) is 29.7. The van der Waals surface area contributed by atoms with Gasteiger partial charge in [0.25, 0.3) is 0 Å². The van der Waals surface area contributed by atoms with Crippen molar-refractivity contribution in [2.24, 2.45) is 0 Å². The Morgan fingerprint density at radius 3 is 1.85 bits per heavy atom. The van der Waals surface area contributed by atoms with Gasteiger partial charge in [-0.1, -0.05) is 174 Å². The van der Waals surface area contributed by atoms with Crippen LogP contribution < -0.4 is 0 Å². The van der Waals surface area contributed by atoms with Crippen LogP contribution in [0.3, 0.4) is 0 Å². The number of furan rings is 1. The molecule has 0 spiro atoms. The van der Waals surface area contributed by atoms with Gasteiger partial charge in [0.1, 0.15) is 11.2 Å². The molecule has 0 aliphatic rings. The first kappa shape index (κ1) is 37.9. The Morgan fingerprint density at radius 1 is 0.517 bits per heavy atom. The van der Waals surface area contributed by atoms with Gasteiger partial charge in [0.05, 0.1) is 11.0 Å². The van der Waals surface area contributed by atoms with Crippen LogP contribution in [0.25, 0.3) is 110 Å². The number of rotatable bonds is 7. The molecule has 11 aromatic rings. The lowest BCUT2D eigenvalue weighted by atomic mass is 9.93. The molecule has 8 aromatic carbocycles. The van der Waals surface area contributed by atoms with Crippen molar-refractivity contribution in [3.05, 3.63) is 189 Å². The van der Waals surface area contributed by atoms with Crippen LogP contribution >= 0.6 is 0 Å². The van der Waals surface area contributed by atoms with E-state index in [1.54, 1.807) is 12.2 Å². The summed E-state index contributed by atoms with van der Waals surface area (Å²) in [5.74, 6) is 1.66. The Morgan fingerprint density at radius 2 is 1.12 bits per heavy atom. The van der Waals surface area contributed by atoms with Crippen molar-refractivity contribution in [1.82, 2.24) is 19.5 Å². The van der Waals surface area contributed by atoms with E-state index in [-0.39, 0.29) is 0 Å². The molecule has 3 heterocycles. The zero-order valence-corrected chi connectivity index (χ0v) is 34.3. The molecule has 0 fully saturated rings. The smallest absolute Gasteiger partial charge is 0.164 e. The molecule has 0 bridgehead atoms. The molecular weight excluding hydrogens is 733 g/mol. The van der Waals surface area contributed by atoms with E-state index in [0.717, 1.165) is 71.9 Å². The van der Waals surface area contributed by atoms with Crippen molar-refractivity contribution in [2.75, 3.05) is 0 Å². The molecule has 0 radical (unpaired) electrons. The minimum atomic E-state index is 0.524. The standard InChI is InChI=1S/C51H32N4O.2C2H6/c1-3-14-31(4-2)49-52-50(33-27-25-32(26-28-33)36-20-12-22-41-39-19-10-11-24-45(39)56-48(36)41)54-51(53-49)34-29-42-38-18-9-8-17-37(38)40-21-13-23-43-46(40)47(42)44(30-34)55(43)35-15-6-5-7-16-35;2*1-2/h3-30H,1-2H2;2*1-2H3/b31-14+;;. The van der Waals surface area contributed by atoms with Crippen LogP contribution in [0, 0.1) is 0 Å². The fraction of sp³-hybridized carbons (Fsp3) is 0.0727. The van der Waals surface area contributed by atoms with Crippen LogP contribution in [0.5, 0.6) is 0 Å². The van der Waals surface area contributed by atoms with E-state index < -0.39 is 0 Å². The highest BCUT2D eigenvalue weighted by Crippen LogP contribution is 2.45. The Balaban J connectivity index is 0.00000112. The second-order valence-corrected chi connectivity index (χ2v) is 14.1. The van der Waals surface area contributed by atoms with E-state index in [0.29, 0.717) is 17.5 Å². The summed E-state index contributed by atoms with van der Waals surface area (Å²) in [5, 5.41) is 9.49. The Bertz CT molecular complexity index is 3390. The molecule has 0 atom stereocenters. The molecular formula is C55H44N4O. The molecule has 3 aromatic heterocycles. The summed E-state index contributed by atoms with van der Waals surface area (Å²) in [6.45, 7) is 16.0. The SMILES string of the molecule is C=C/C=C(\C=C)c1nc(-c2ccc(-c3cccc4c3oc3ccccc34)cc2)nc(-c2cc3c4ccccc4c4cccc5c4c3c(c2)n5-c2ccccc2)n1.CC.CC. The summed E-state index contributed by atoms with van der Waals surface area (Å²) >= 11 is 0. The maximum absolute atomic E-state index is 6.37. The monoisotopic (exact) mass is 776 g/mol. The largest absolute Gasteiger partial charge is 0.455 e. The highest BCUT2D eigenvalue weighted by atomic mass is 16.3. The number of allylic oxidation sites excluding steroid dienone is 4. The topological polar surface area (TPSA) is 56.7 Å². The zero-order chi connectivity index (χ0) is 41.3. The number of para-hydroxylation sites is 3. The molecule has 290 valence electrons. The van der Waals surface area contributed by atoms with Gasteiger partial charge in [-0.2, -0.15) is 0 Å². The van der Waals surface area contributed by atoms with Crippen molar-refractivity contribution >= 4 is 70.9 Å². The van der Waals surface area contributed by atoms with E-state index in [1.165, 1.54) is 26.9 Å². The van der Waals surface area contributed by atoms with Crippen molar-refractivity contribution in [3.8, 4) is 39.6 Å². The fourth-order valence-electron chi connectivity index (χ4n) is 8.46. The summed E-state index contributed by atoms with van der Waals surface area (Å²) in [5.41, 5.74) is 9.70. The second kappa shape index (κ2) is 16.0. The summed E-state index contributed by atoms with van der Waals surface area (Å²) in [6, 6.07) is 53.2. The first-order valence-corrected chi connectivity index (χ1v) is 20.7. The van der Waals surface area contributed by atoms with Gasteiger partial charge in [0.2, 0.25) is 0 Å². The van der Waals surface area contributed by atoms with Crippen molar-refractivity contribution in [3.63, 3.8) is 0 Å². The zero-order valence-electron chi connectivity index (χ0n) is 34.3. The van der Waals surface area contributed by atoms with E-state index in [9.17, 15) is 0 Å². The fourth-order valence-corrected chi connectivity index (χ4v) is 8.46. The third-order valence-electron chi connectivity index (χ3n) is 10.9. The van der Waals surface area contributed by atoms with Gasteiger partial charge in [-0.3, -0.25) is 0 Å². The van der Waals surface area contributed by atoms with Gasteiger partial charge < -0.3 is 8.98 Å². The Kier molecular flexibility index (Phi) is 10.1. The molecule has 0 N–H and O–H groups in total. The van der Waals surface area contributed by atoms with Crippen LogP contribution in [-0.4, -0.2) is 19.5 Å². The molecule has 60 heavy (non-hydrogen) atoms. The van der Waals surface area contributed by atoms with Gasteiger partial charge in [-0.25, -0.2) is 15.0 Å². The Labute approximate surface area is 349 Å². The molecule has 0 amide bonds. The number of nitrogens with zero attached hydrogens (tertiary/aromatic N) is 4. The summed E-state index contributed by atoms with van der Waals surface area (Å²) in [6.07, 6.45) is 5.38.